The Labute approximate surface area is 345 Å². The molecule has 7 aromatic carbocycles. The molecule has 0 aliphatic carbocycles. The van der Waals surface area contributed by atoms with E-state index in [1.54, 1.807) is 0 Å². The molecule has 0 bridgehead atoms. The molecule has 0 spiro atoms. The van der Waals surface area contributed by atoms with E-state index in [0.29, 0.717) is 18.8 Å². The maximum atomic E-state index is 11.7. The number of unbranched alkanes of at least 4 members (excludes halogenated alkanes) is 2. The molecule has 6 heteroatoms. The number of rotatable bonds is 14. The van der Waals surface area contributed by atoms with E-state index >= 15 is 0 Å². The zero-order valence-corrected chi connectivity index (χ0v) is 34.2. The van der Waals surface area contributed by atoms with Crippen LogP contribution in [0.3, 0.4) is 0 Å². The molecule has 0 unspecified atom stereocenters. The van der Waals surface area contributed by atoms with Crippen molar-refractivity contribution in [3.05, 3.63) is 162 Å². The van der Waals surface area contributed by atoms with Crippen molar-refractivity contribution in [1.82, 2.24) is 9.13 Å². The van der Waals surface area contributed by atoms with Crippen LogP contribution in [0.1, 0.15) is 61.0 Å². The van der Waals surface area contributed by atoms with E-state index in [1.807, 2.05) is 24.3 Å². The molecule has 0 fully saturated rings. The maximum Gasteiger partial charge on any atom is 0.150 e. The first-order valence-electron chi connectivity index (χ1n) is 20.9. The highest BCUT2D eigenvalue weighted by atomic mass is 16.5. The van der Waals surface area contributed by atoms with Crippen LogP contribution < -0.4 is 14.4 Å². The molecule has 59 heavy (non-hydrogen) atoms. The van der Waals surface area contributed by atoms with E-state index in [9.17, 15) is 4.79 Å². The summed E-state index contributed by atoms with van der Waals surface area (Å²) in [4.78, 5) is 13.9. The predicted molar refractivity (Wildman–Crippen MR) is 245 cm³/mol. The van der Waals surface area contributed by atoms with Gasteiger partial charge in [-0.1, -0.05) is 49.9 Å². The molecular formula is C53H49N3O3. The van der Waals surface area contributed by atoms with Crippen LogP contribution >= 0.6 is 0 Å². The highest BCUT2D eigenvalue weighted by Crippen LogP contribution is 2.40. The Kier molecular flexibility index (Phi) is 10.4. The fourth-order valence-electron chi connectivity index (χ4n) is 8.29. The minimum Gasteiger partial charge on any atom is -0.494 e. The average Bonchev–Trinajstić information content (AvgIpc) is 3.76. The number of aromatic nitrogens is 2. The van der Waals surface area contributed by atoms with E-state index < -0.39 is 0 Å². The first kappa shape index (κ1) is 37.8. The fraction of sp³-hybridized carbons (Fsp3) is 0.189. The summed E-state index contributed by atoms with van der Waals surface area (Å²) in [5.74, 6) is 1.76. The molecule has 2 heterocycles. The number of hydrogen-bond donors (Lipinski definition) is 0. The molecule has 0 radical (unpaired) electrons. The summed E-state index contributed by atoms with van der Waals surface area (Å²) in [6.07, 6.45) is 5.10. The van der Waals surface area contributed by atoms with E-state index in [1.165, 1.54) is 32.9 Å². The molecule has 0 amide bonds. The number of fused-ring (bicyclic) bond motifs is 6. The number of anilines is 3. The second kappa shape index (κ2) is 16.2. The van der Waals surface area contributed by atoms with Crippen LogP contribution in [-0.2, 0) is 0 Å². The number of aryl methyl sites for hydroxylation is 2. The Morgan fingerprint density at radius 2 is 0.847 bits per heavy atom. The van der Waals surface area contributed by atoms with Crippen molar-refractivity contribution < 1.29 is 14.3 Å². The zero-order chi connectivity index (χ0) is 40.5. The smallest absolute Gasteiger partial charge is 0.150 e. The third-order valence-electron chi connectivity index (χ3n) is 11.3. The van der Waals surface area contributed by atoms with Gasteiger partial charge in [0.2, 0.25) is 0 Å². The summed E-state index contributed by atoms with van der Waals surface area (Å²) >= 11 is 0. The second-order valence-electron chi connectivity index (χ2n) is 15.6. The van der Waals surface area contributed by atoms with E-state index in [4.69, 9.17) is 9.47 Å². The Hall–Kier alpha value is -6.79. The number of carbonyl (C=O) groups excluding carboxylic acids is 1. The molecule has 9 aromatic rings. The Morgan fingerprint density at radius 1 is 0.475 bits per heavy atom. The molecule has 294 valence electrons. The monoisotopic (exact) mass is 775 g/mol. The van der Waals surface area contributed by atoms with E-state index in [-0.39, 0.29) is 0 Å². The topological polar surface area (TPSA) is 48.6 Å². The molecule has 0 atom stereocenters. The van der Waals surface area contributed by atoms with Crippen molar-refractivity contribution in [3.8, 4) is 22.9 Å². The lowest BCUT2D eigenvalue weighted by molar-refractivity contribution is 0.112. The highest BCUT2D eigenvalue weighted by Gasteiger charge is 2.18. The van der Waals surface area contributed by atoms with Gasteiger partial charge in [0.25, 0.3) is 0 Å². The van der Waals surface area contributed by atoms with Crippen LogP contribution in [0.5, 0.6) is 11.5 Å². The molecule has 0 saturated heterocycles. The van der Waals surface area contributed by atoms with E-state index in [2.05, 4.69) is 163 Å². The molecule has 2 aromatic heterocycles. The zero-order valence-electron chi connectivity index (χ0n) is 34.2. The van der Waals surface area contributed by atoms with Gasteiger partial charge in [0, 0.05) is 55.5 Å². The van der Waals surface area contributed by atoms with Gasteiger partial charge >= 0.3 is 0 Å². The van der Waals surface area contributed by atoms with Crippen LogP contribution in [-0.4, -0.2) is 28.6 Å². The Bertz CT molecular complexity index is 2810. The summed E-state index contributed by atoms with van der Waals surface area (Å²) in [7, 11) is 0. The Morgan fingerprint density at radius 3 is 1.24 bits per heavy atom. The van der Waals surface area contributed by atoms with Gasteiger partial charge in [-0.3, -0.25) is 4.79 Å². The lowest BCUT2D eigenvalue weighted by Crippen LogP contribution is -2.10. The van der Waals surface area contributed by atoms with Gasteiger partial charge in [-0.15, -0.1) is 0 Å². The van der Waals surface area contributed by atoms with E-state index in [0.717, 1.165) is 93.7 Å². The molecule has 0 aliphatic heterocycles. The van der Waals surface area contributed by atoms with Crippen molar-refractivity contribution in [3.63, 3.8) is 0 Å². The summed E-state index contributed by atoms with van der Waals surface area (Å²) in [5, 5.41) is 4.78. The molecule has 9 rings (SSSR count). The van der Waals surface area contributed by atoms with Crippen molar-refractivity contribution in [1.29, 1.82) is 0 Å². The first-order valence-corrected chi connectivity index (χ1v) is 20.9. The molecular weight excluding hydrogens is 727 g/mol. The molecule has 6 nitrogen and oxygen atoms in total. The van der Waals surface area contributed by atoms with Crippen molar-refractivity contribution in [2.75, 3.05) is 18.1 Å². The minimum atomic E-state index is 0.639. The van der Waals surface area contributed by atoms with Gasteiger partial charge < -0.3 is 23.5 Å². The SMILES string of the molecule is CCCCOc1ccc2c(c1)c1cc(OCCCC)ccc1n2-c1ccc(N(c2ccc(C=O)cc2)c2ccc(-n3c4ccc(C)cc4c4cc(C)ccc43)cc2)cc1. The molecule has 0 aliphatic rings. The number of nitrogens with zero attached hydrogens (tertiary/aromatic N) is 3. The molecule has 0 N–H and O–H groups in total. The van der Waals surface area contributed by atoms with Crippen LogP contribution in [0.25, 0.3) is 55.0 Å². The fourth-order valence-corrected chi connectivity index (χ4v) is 8.29. The van der Waals surface area contributed by atoms with Gasteiger partial charge in [-0.2, -0.15) is 0 Å². The quantitative estimate of drug-likeness (QED) is 0.0815. The van der Waals surface area contributed by atoms with Gasteiger partial charge in [0.1, 0.15) is 17.8 Å². The van der Waals surface area contributed by atoms with Gasteiger partial charge in [-0.05, 0) is 160 Å². The largest absolute Gasteiger partial charge is 0.494 e. The van der Waals surface area contributed by atoms with Gasteiger partial charge in [-0.25, -0.2) is 0 Å². The minimum absolute atomic E-state index is 0.639. The summed E-state index contributed by atoms with van der Waals surface area (Å²) in [6.45, 7) is 10.1. The van der Waals surface area contributed by atoms with Crippen molar-refractivity contribution in [2.45, 2.75) is 53.4 Å². The van der Waals surface area contributed by atoms with Crippen LogP contribution in [0.2, 0.25) is 0 Å². The second-order valence-corrected chi connectivity index (χ2v) is 15.6. The predicted octanol–water partition coefficient (Wildman–Crippen LogP) is 14.1. The van der Waals surface area contributed by atoms with Crippen molar-refractivity contribution in [2.24, 2.45) is 0 Å². The normalized spacial score (nSPS) is 11.5. The number of ether oxygens (including phenoxy) is 2. The van der Waals surface area contributed by atoms with Crippen molar-refractivity contribution >= 4 is 67.0 Å². The van der Waals surface area contributed by atoms with Crippen LogP contribution in [0.4, 0.5) is 17.1 Å². The summed E-state index contributed by atoms with van der Waals surface area (Å²) in [6, 6.07) is 51.5. The summed E-state index contributed by atoms with van der Waals surface area (Å²) in [5.41, 5.74) is 12.8. The molecule has 0 saturated carbocycles. The maximum absolute atomic E-state index is 11.7. The number of carbonyl (C=O) groups is 1. The number of benzene rings is 7. The van der Waals surface area contributed by atoms with Crippen LogP contribution in [0, 0.1) is 13.8 Å². The third kappa shape index (κ3) is 7.20. The summed E-state index contributed by atoms with van der Waals surface area (Å²) < 4.78 is 17.0. The van der Waals surface area contributed by atoms with Gasteiger partial charge in [0.05, 0.1) is 35.3 Å². The highest BCUT2D eigenvalue weighted by molar-refractivity contribution is 6.11. The first-order chi connectivity index (χ1) is 28.9. The van der Waals surface area contributed by atoms with Gasteiger partial charge in [0.15, 0.2) is 0 Å². The average molecular weight is 776 g/mol. The standard InChI is InChI=1S/C53H49N3O3/c1-5-7-29-58-44-23-27-52-48(33-44)49-34-45(59-30-8-6-2)24-28-53(49)56(52)43-21-17-41(18-22-43)54(39-13-11-38(35-57)12-14-39)40-15-19-42(20-16-40)55-50-25-9-36(3)31-46(50)47-32-37(4)10-26-51(47)55/h9-28,31-35H,5-8,29-30H2,1-4H3. The Balaban J connectivity index is 1.12. The van der Waals surface area contributed by atoms with Crippen LogP contribution in [0.15, 0.2) is 146 Å². The number of aldehydes is 1. The lowest BCUT2D eigenvalue weighted by atomic mass is 10.1. The number of hydrogen-bond acceptors (Lipinski definition) is 4. The lowest BCUT2D eigenvalue weighted by Gasteiger charge is -2.26. The third-order valence-corrected chi connectivity index (χ3v) is 11.3.